The van der Waals surface area contributed by atoms with E-state index in [2.05, 4.69) is 24.4 Å². The average molecular weight is 322 g/mol. The summed E-state index contributed by atoms with van der Waals surface area (Å²) in [4.78, 5) is 0. The number of halogens is 2. The highest BCUT2D eigenvalue weighted by atomic mass is 35.5. The van der Waals surface area contributed by atoms with Crippen LogP contribution in [0.5, 0.6) is 0 Å². The Balaban J connectivity index is 2.11. The van der Waals surface area contributed by atoms with Gasteiger partial charge in [-0.2, -0.15) is 0 Å². The van der Waals surface area contributed by atoms with Crippen molar-refractivity contribution in [2.24, 2.45) is 0 Å². The smallest absolute Gasteiger partial charge is 0.0438 e. The number of hydrogen-bond acceptors (Lipinski definition) is 1. The minimum atomic E-state index is 0.338. The van der Waals surface area contributed by atoms with Gasteiger partial charge in [0.2, 0.25) is 0 Å². The second-order valence-electron chi connectivity index (χ2n) is 5.24. The van der Waals surface area contributed by atoms with Crippen LogP contribution in [0, 0.1) is 0 Å². The van der Waals surface area contributed by atoms with Gasteiger partial charge in [0.15, 0.2) is 0 Å². The van der Waals surface area contributed by atoms with Gasteiger partial charge in [0.05, 0.1) is 0 Å². The van der Waals surface area contributed by atoms with E-state index in [4.69, 9.17) is 23.2 Å². The molecule has 0 saturated heterocycles. The molecule has 0 atom stereocenters. The topological polar surface area (TPSA) is 12.0 Å². The molecule has 21 heavy (non-hydrogen) atoms. The lowest BCUT2D eigenvalue weighted by Crippen LogP contribution is -2.34. The van der Waals surface area contributed by atoms with Crippen molar-refractivity contribution in [1.29, 1.82) is 0 Å². The van der Waals surface area contributed by atoms with Crippen LogP contribution in [0.25, 0.3) is 0 Å². The zero-order valence-electron chi connectivity index (χ0n) is 12.3. The van der Waals surface area contributed by atoms with Crippen LogP contribution in [-0.4, -0.2) is 12.6 Å². The highest BCUT2D eigenvalue weighted by Gasteiger charge is 2.13. The summed E-state index contributed by atoms with van der Waals surface area (Å²) in [5, 5.41) is 5.27. The lowest BCUT2D eigenvalue weighted by atomic mass is 9.98. The average Bonchev–Trinajstić information content (AvgIpc) is 2.49. The maximum absolute atomic E-state index is 6.28. The van der Waals surface area contributed by atoms with Crippen molar-refractivity contribution in [2.45, 2.75) is 32.2 Å². The fourth-order valence-electron chi connectivity index (χ4n) is 2.42. The van der Waals surface area contributed by atoms with E-state index in [1.54, 1.807) is 0 Å². The van der Waals surface area contributed by atoms with Gasteiger partial charge in [0, 0.05) is 16.1 Å². The van der Waals surface area contributed by atoms with Gasteiger partial charge in [-0.3, -0.25) is 0 Å². The maximum Gasteiger partial charge on any atom is 0.0438 e. The van der Waals surface area contributed by atoms with Crippen molar-refractivity contribution in [1.82, 2.24) is 5.32 Å². The molecule has 0 fully saturated rings. The molecule has 0 aromatic heterocycles. The second-order valence-corrected chi connectivity index (χ2v) is 6.06. The molecule has 0 spiro atoms. The highest BCUT2D eigenvalue weighted by Crippen LogP contribution is 2.21. The van der Waals surface area contributed by atoms with Gasteiger partial charge in [-0.25, -0.2) is 0 Å². The predicted octanol–water partition coefficient (Wildman–Crippen LogP) is 5.15. The Morgan fingerprint density at radius 1 is 0.857 bits per heavy atom. The summed E-state index contributed by atoms with van der Waals surface area (Å²) in [5.74, 6) is 0. The molecule has 2 rings (SSSR count). The number of hydrogen-bond donors (Lipinski definition) is 1. The predicted molar refractivity (Wildman–Crippen MR) is 92.4 cm³/mol. The Morgan fingerprint density at radius 2 is 1.33 bits per heavy atom. The summed E-state index contributed by atoms with van der Waals surface area (Å²) in [6.07, 6.45) is 2.93. The molecular formula is C18H21Cl2N. The maximum atomic E-state index is 6.28. The van der Waals surface area contributed by atoms with Crippen molar-refractivity contribution >= 4 is 23.2 Å². The van der Waals surface area contributed by atoms with Gasteiger partial charge < -0.3 is 5.32 Å². The van der Waals surface area contributed by atoms with Crippen LogP contribution in [0.1, 0.15) is 24.5 Å². The van der Waals surface area contributed by atoms with Crippen LogP contribution >= 0.6 is 23.2 Å². The van der Waals surface area contributed by atoms with E-state index >= 15 is 0 Å². The molecule has 2 aromatic rings. The minimum Gasteiger partial charge on any atom is -0.313 e. The van der Waals surface area contributed by atoms with E-state index in [1.165, 1.54) is 11.1 Å². The van der Waals surface area contributed by atoms with E-state index in [0.29, 0.717) is 6.04 Å². The monoisotopic (exact) mass is 321 g/mol. The first-order chi connectivity index (χ1) is 10.2. The Labute approximate surface area is 137 Å². The molecule has 0 aliphatic heterocycles. The summed E-state index contributed by atoms with van der Waals surface area (Å²) in [6.45, 7) is 3.18. The van der Waals surface area contributed by atoms with E-state index < -0.39 is 0 Å². The number of benzene rings is 2. The van der Waals surface area contributed by atoms with Gasteiger partial charge >= 0.3 is 0 Å². The summed E-state index contributed by atoms with van der Waals surface area (Å²) in [6, 6.07) is 16.4. The Bertz CT molecular complexity index is 521. The van der Waals surface area contributed by atoms with Crippen molar-refractivity contribution < 1.29 is 0 Å². The van der Waals surface area contributed by atoms with Crippen LogP contribution < -0.4 is 5.32 Å². The second kappa shape index (κ2) is 8.43. The van der Waals surface area contributed by atoms with Crippen LogP contribution in [0.4, 0.5) is 0 Å². The van der Waals surface area contributed by atoms with Crippen molar-refractivity contribution in [3.63, 3.8) is 0 Å². The molecule has 0 amide bonds. The molecule has 1 N–H and O–H groups in total. The zero-order chi connectivity index (χ0) is 15.1. The molecule has 0 heterocycles. The highest BCUT2D eigenvalue weighted by molar-refractivity contribution is 6.31. The van der Waals surface area contributed by atoms with Crippen LogP contribution in [0.3, 0.4) is 0 Å². The van der Waals surface area contributed by atoms with Gasteiger partial charge in [-0.05, 0) is 49.1 Å². The zero-order valence-corrected chi connectivity index (χ0v) is 13.8. The lowest BCUT2D eigenvalue weighted by molar-refractivity contribution is 0.505. The first kappa shape index (κ1) is 16.4. The molecule has 2 aromatic carbocycles. The van der Waals surface area contributed by atoms with Crippen LogP contribution in [-0.2, 0) is 12.8 Å². The molecule has 3 heteroatoms. The molecule has 0 radical (unpaired) electrons. The van der Waals surface area contributed by atoms with Crippen LogP contribution in [0.15, 0.2) is 48.5 Å². The van der Waals surface area contributed by atoms with Gasteiger partial charge in [0.25, 0.3) is 0 Å². The Morgan fingerprint density at radius 3 is 1.76 bits per heavy atom. The summed E-state index contributed by atoms with van der Waals surface area (Å²) in [7, 11) is 0. The van der Waals surface area contributed by atoms with Gasteiger partial charge in [-0.15, -0.1) is 0 Å². The third-order valence-electron chi connectivity index (χ3n) is 3.53. The van der Waals surface area contributed by atoms with Crippen molar-refractivity contribution in [3.05, 3.63) is 69.7 Å². The normalized spacial score (nSPS) is 11.0. The van der Waals surface area contributed by atoms with Crippen LogP contribution in [0.2, 0.25) is 10.0 Å². The summed E-state index contributed by atoms with van der Waals surface area (Å²) < 4.78 is 0. The molecule has 1 nitrogen and oxygen atoms in total. The Hall–Kier alpha value is -1.02. The lowest BCUT2D eigenvalue weighted by Gasteiger charge is -2.20. The number of nitrogens with one attached hydrogen (secondary N) is 1. The third kappa shape index (κ3) is 5.03. The number of rotatable bonds is 7. The molecule has 0 aliphatic carbocycles. The van der Waals surface area contributed by atoms with E-state index in [0.717, 1.165) is 35.9 Å². The van der Waals surface area contributed by atoms with E-state index in [9.17, 15) is 0 Å². The van der Waals surface area contributed by atoms with Gasteiger partial charge in [0.1, 0.15) is 0 Å². The molecule has 0 bridgehead atoms. The third-order valence-corrected chi connectivity index (χ3v) is 4.27. The van der Waals surface area contributed by atoms with Crippen molar-refractivity contribution in [3.8, 4) is 0 Å². The Kier molecular flexibility index (Phi) is 6.56. The first-order valence-electron chi connectivity index (χ1n) is 7.41. The standard InChI is InChI=1S/C18H21Cl2N/c1-2-11-21-16(12-14-7-3-5-9-17(14)19)13-15-8-4-6-10-18(15)20/h3-10,16,21H,2,11-13H2,1H3. The SMILES string of the molecule is CCCNC(Cc1ccccc1Cl)Cc1ccccc1Cl. The van der Waals surface area contributed by atoms with Crippen molar-refractivity contribution in [2.75, 3.05) is 6.54 Å². The molecular weight excluding hydrogens is 301 g/mol. The first-order valence-corrected chi connectivity index (χ1v) is 8.16. The largest absolute Gasteiger partial charge is 0.313 e. The fraction of sp³-hybridized carbons (Fsp3) is 0.333. The summed E-state index contributed by atoms with van der Waals surface area (Å²) >= 11 is 12.6. The summed E-state index contributed by atoms with van der Waals surface area (Å²) in [5.41, 5.74) is 2.36. The molecule has 112 valence electrons. The van der Waals surface area contributed by atoms with E-state index in [1.807, 2.05) is 36.4 Å². The van der Waals surface area contributed by atoms with E-state index in [-0.39, 0.29) is 0 Å². The molecule has 0 unspecified atom stereocenters. The molecule has 0 saturated carbocycles. The fourth-order valence-corrected chi connectivity index (χ4v) is 2.85. The molecule has 0 aliphatic rings. The van der Waals surface area contributed by atoms with Gasteiger partial charge in [-0.1, -0.05) is 66.5 Å². The quantitative estimate of drug-likeness (QED) is 0.743. The minimum absolute atomic E-state index is 0.338.